The molecule has 20 heavy (non-hydrogen) atoms. The Bertz CT molecular complexity index is 510. The minimum absolute atomic E-state index is 0.0221. The molecule has 0 spiro atoms. The van der Waals surface area contributed by atoms with Crippen LogP contribution in [0.1, 0.15) is 15.9 Å². The molecule has 0 radical (unpaired) electrons. The van der Waals surface area contributed by atoms with E-state index in [0.29, 0.717) is 37.6 Å². The molecule has 0 aromatic heterocycles. The Kier molecular flexibility index (Phi) is 4.57. The Morgan fingerprint density at radius 2 is 2.05 bits per heavy atom. The largest absolute Gasteiger partial charge is 0.465 e. The van der Waals surface area contributed by atoms with Gasteiger partial charge in [0.1, 0.15) is 0 Å². The second-order valence-corrected chi connectivity index (χ2v) is 4.58. The Morgan fingerprint density at radius 3 is 2.70 bits per heavy atom. The van der Waals surface area contributed by atoms with Gasteiger partial charge in [-0.1, -0.05) is 6.07 Å². The fraction of sp³-hybridized carbons (Fsp3) is 0.429. The quantitative estimate of drug-likeness (QED) is 0.641. The van der Waals surface area contributed by atoms with Gasteiger partial charge >= 0.3 is 5.97 Å². The monoisotopic (exact) mass is 278 g/mol. The summed E-state index contributed by atoms with van der Waals surface area (Å²) in [6, 6.07) is 4.98. The van der Waals surface area contributed by atoms with Gasteiger partial charge in [0.15, 0.2) is 0 Å². The molecule has 1 aliphatic rings. The van der Waals surface area contributed by atoms with Crippen molar-refractivity contribution in [2.75, 3.05) is 39.1 Å². The minimum Gasteiger partial charge on any atom is -0.465 e. The van der Waals surface area contributed by atoms with Crippen LogP contribution in [0.25, 0.3) is 0 Å². The molecule has 2 rings (SSSR count). The van der Waals surface area contributed by atoms with Gasteiger partial charge in [0.05, 0.1) is 32.3 Å². The first-order valence-corrected chi connectivity index (χ1v) is 6.44. The predicted molar refractivity (Wildman–Crippen MR) is 73.3 cm³/mol. The van der Waals surface area contributed by atoms with E-state index in [1.165, 1.54) is 7.11 Å². The van der Waals surface area contributed by atoms with Crippen LogP contribution in [0.4, 0.5) is 5.69 Å². The van der Waals surface area contributed by atoms with Crippen molar-refractivity contribution < 1.29 is 19.1 Å². The summed E-state index contributed by atoms with van der Waals surface area (Å²) in [7, 11) is 1.30. The molecule has 0 aliphatic carbocycles. The minimum atomic E-state index is -0.497. The normalized spacial score (nSPS) is 14.9. The second kappa shape index (κ2) is 6.38. The van der Waals surface area contributed by atoms with Gasteiger partial charge in [-0.3, -0.25) is 4.79 Å². The number of hydrogen-bond donors (Lipinski definition) is 1. The first-order chi connectivity index (χ1) is 9.61. The molecule has 0 bridgehead atoms. The van der Waals surface area contributed by atoms with Crippen LogP contribution >= 0.6 is 0 Å². The molecule has 2 N–H and O–H groups in total. The third-order valence-corrected chi connectivity index (χ3v) is 3.24. The molecule has 6 heteroatoms. The second-order valence-electron chi connectivity index (χ2n) is 4.58. The van der Waals surface area contributed by atoms with Gasteiger partial charge in [-0.15, -0.1) is 0 Å². The summed E-state index contributed by atoms with van der Waals surface area (Å²) < 4.78 is 9.87. The van der Waals surface area contributed by atoms with Crippen molar-refractivity contribution in [1.82, 2.24) is 4.90 Å². The van der Waals surface area contributed by atoms with Gasteiger partial charge in [0.2, 0.25) is 5.91 Å². The van der Waals surface area contributed by atoms with Crippen molar-refractivity contribution in [3.63, 3.8) is 0 Å². The summed E-state index contributed by atoms with van der Waals surface area (Å²) in [5.74, 6) is -0.475. The molecule has 1 amide bonds. The number of hydrogen-bond acceptors (Lipinski definition) is 5. The highest BCUT2D eigenvalue weighted by molar-refractivity contribution is 5.95. The van der Waals surface area contributed by atoms with Crippen LogP contribution in [0, 0.1) is 0 Å². The van der Waals surface area contributed by atoms with E-state index < -0.39 is 5.97 Å². The Morgan fingerprint density at radius 1 is 1.35 bits per heavy atom. The number of amides is 1. The lowest BCUT2D eigenvalue weighted by molar-refractivity contribution is -0.134. The number of carbonyl (C=O) groups excluding carboxylic acids is 2. The number of carbonyl (C=O) groups is 2. The summed E-state index contributed by atoms with van der Waals surface area (Å²) in [5, 5.41) is 0. The van der Waals surface area contributed by atoms with Crippen LogP contribution in [0.2, 0.25) is 0 Å². The third kappa shape index (κ3) is 3.27. The van der Waals surface area contributed by atoms with E-state index in [4.69, 9.17) is 10.5 Å². The summed E-state index contributed by atoms with van der Waals surface area (Å²) >= 11 is 0. The van der Waals surface area contributed by atoms with Crippen LogP contribution in [-0.2, 0) is 20.7 Å². The van der Waals surface area contributed by atoms with E-state index in [1.807, 2.05) is 0 Å². The summed E-state index contributed by atoms with van der Waals surface area (Å²) in [5.41, 5.74) is 7.11. The highest BCUT2D eigenvalue weighted by Crippen LogP contribution is 2.16. The standard InChI is InChI=1S/C14H18N2O4/c1-19-14(18)11-8-10(2-3-12(11)15)9-13(17)16-4-6-20-7-5-16/h2-3,8H,4-7,9,15H2,1H3. The number of rotatable bonds is 3. The molecule has 1 aromatic rings. The number of nitrogen functional groups attached to an aromatic ring is 1. The van der Waals surface area contributed by atoms with Gasteiger partial charge in [-0.05, 0) is 17.7 Å². The summed E-state index contributed by atoms with van der Waals surface area (Å²) in [4.78, 5) is 25.4. The summed E-state index contributed by atoms with van der Waals surface area (Å²) in [6.45, 7) is 2.36. The molecule has 0 saturated carbocycles. The molecule has 1 heterocycles. The molecule has 0 atom stereocenters. The number of ether oxygens (including phenoxy) is 2. The molecule has 1 aliphatic heterocycles. The van der Waals surface area contributed by atoms with Crippen molar-refractivity contribution in [2.24, 2.45) is 0 Å². The van der Waals surface area contributed by atoms with E-state index in [2.05, 4.69) is 4.74 Å². The van der Waals surface area contributed by atoms with Crippen LogP contribution in [0.3, 0.4) is 0 Å². The molecule has 1 aromatic carbocycles. The van der Waals surface area contributed by atoms with Crippen molar-refractivity contribution in [3.05, 3.63) is 29.3 Å². The number of anilines is 1. The number of esters is 1. The van der Waals surface area contributed by atoms with Gasteiger partial charge in [0, 0.05) is 18.8 Å². The van der Waals surface area contributed by atoms with E-state index in [0.717, 1.165) is 5.56 Å². The third-order valence-electron chi connectivity index (χ3n) is 3.24. The lowest BCUT2D eigenvalue weighted by Crippen LogP contribution is -2.41. The van der Waals surface area contributed by atoms with Gasteiger partial charge in [-0.25, -0.2) is 4.79 Å². The molecule has 1 fully saturated rings. The van der Waals surface area contributed by atoms with Gasteiger partial charge in [0.25, 0.3) is 0 Å². The maximum Gasteiger partial charge on any atom is 0.339 e. The average Bonchev–Trinajstić information content (AvgIpc) is 2.49. The van der Waals surface area contributed by atoms with Crippen molar-refractivity contribution in [1.29, 1.82) is 0 Å². The fourth-order valence-electron chi connectivity index (χ4n) is 2.10. The van der Waals surface area contributed by atoms with Gasteiger partial charge < -0.3 is 20.1 Å². The van der Waals surface area contributed by atoms with E-state index in [1.54, 1.807) is 23.1 Å². The highest BCUT2D eigenvalue weighted by Gasteiger charge is 2.18. The SMILES string of the molecule is COC(=O)c1cc(CC(=O)N2CCOCC2)ccc1N. The van der Waals surface area contributed by atoms with Crippen LogP contribution in [-0.4, -0.2) is 50.2 Å². The molecule has 108 valence electrons. The maximum absolute atomic E-state index is 12.1. The Balaban J connectivity index is 2.09. The number of nitrogens with two attached hydrogens (primary N) is 1. The molecule has 0 unspecified atom stereocenters. The fourth-order valence-corrected chi connectivity index (χ4v) is 2.10. The van der Waals surface area contributed by atoms with Gasteiger partial charge in [-0.2, -0.15) is 0 Å². The Labute approximate surface area is 117 Å². The zero-order valence-corrected chi connectivity index (χ0v) is 11.4. The van der Waals surface area contributed by atoms with Crippen LogP contribution < -0.4 is 5.73 Å². The lowest BCUT2D eigenvalue weighted by atomic mass is 10.1. The number of morpholine rings is 1. The van der Waals surface area contributed by atoms with Crippen LogP contribution in [0.5, 0.6) is 0 Å². The zero-order chi connectivity index (χ0) is 14.5. The number of methoxy groups -OCH3 is 1. The molecular weight excluding hydrogens is 260 g/mol. The smallest absolute Gasteiger partial charge is 0.339 e. The Hall–Kier alpha value is -2.08. The molecule has 1 saturated heterocycles. The molecular formula is C14H18N2O4. The van der Waals surface area contributed by atoms with Crippen molar-refractivity contribution in [3.8, 4) is 0 Å². The number of benzene rings is 1. The topological polar surface area (TPSA) is 81.9 Å². The summed E-state index contributed by atoms with van der Waals surface area (Å²) in [6.07, 6.45) is 0.240. The van der Waals surface area contributed by atoms with Crippen LogP contribution in [0.15, 0.2) is 18.2 Å². The predicted octanol–water partition coefficient (Wildman–Crippen LogP) is 0.457. The first-order valence-electron chi connectivity index (χ1n) is 6.44. The van der Waals surface area contributed by atoms with Crippen molar-refractivity contribution >= 4 is 17.6 Å². The van der Waals surface area contributed by atoms with E-state index >= 15 is 0 Å². The molecule has 6 nitrogen and oxygen atoms in total. The average molecular weight is 278 g/mol. The maximum atomic E-state index is 12.1. The zero-order valence-electron chi connectivity index (χ0n) is 11.4. The van der Waals surface area contributed by atoms with E-state index in [9.17, 15) is 9.59 Å². The first kappa shape index (κ1) is 14.3. The van der Waals surface area contributed by atoms with Crippen molar-refractivity contribution in [2.45, 2.75) is 6.42 Å². The number of nitrogens with zero attached hydrogens (tertiary/aromatic N) is 1. The highest BCUT2D eigenvalue weighted by atomic mass is 16.5. The van der Waals surface area contributed by atoms with E-state index in [-0.39, 0.29) is 12.3 Å². The lowest BCUT2D eigenvalue weighted by Gasteiger charge is -2.27.